The number of methoxy groups -OCH3 is 1. The number of hydrogen-bond acceptors (Lipinski definition) is 3. The predicted octanol–water partition coefficient (Wildman–Crippen LogP) is 0.492. The smallest absolute Gasteiger partial charge is 0.228 e. The maximum atomic E-state index is 11.0. The first-order valence-electron chi connectivity index (χ1n) is 4.35. The van der Waals surface area contributed by atoms with Crippen molar-refractivity contribution in [1.82, 2.24) is 0 Å². The van der Waals surface area contributed by atoms with Gasteiger partial charge in [-0.3, -0.25) is 9.59 Å². The number of amides is 1. The number of primary amides is 1. The molecule has 0 aromatic rings. The van der Waals surface area contributed by atoms with Gasteiger partial charge in [0.2, 0.25) is 5.91 Å². The van der Waals surface area contributed by atoms with Crippen LogP contribution in [0.15, 0.2) is 0 Å². The fraction of sp³-hybridized carbons (Fsp3) is 0.778. The van der Waals surface area contributed by atoms with Crippen molar-refractivity contribution in [2.24, 2.45) is 11.7 Å². The van der Waals surface area contributed by atoms with Crippen LogP contribution in [0.2, 0.25) is 0 Å². The number of carbonyl (C=O) groups excluding carboxylic acids is 2. The zero-order valence-corrected chi connectivity index (χ0v) is 8.37. The molecule has 2 unspecified atom stereocenters. The number of hydrogen-bond donors (Lipinski definition) is 1. The number of ether oxygens (including phenoxy) is 1. The number of nitrogens with two attached hydrogens (primary N) is 1. The van der Waals surface area contributed by atoms with E-state index in [1.54, 1.807) is 7.11 Å². The van der Waals surface area contributed by atoms with Crippen LogP contribution in [0.3, 0.4) is 0 Å². The zero-order chi connectivity index (χ0) is 10.4. The van der Waals surface area contributed by atoms with E-state index in [4.69, 9.17) is 10.5 Å². The van der Waals surface area contributed by atoms with E-state index in [1.165, 1.54) is 6.92 Å². The standard InChI is InChI=1S/C9H17NO3/c1-4-7(13-3)5-8(6(2)11)9(10)12/h7-8H,4-5H2,1-3H3,(H2,10,12). The second-order valence-corrected chi connectivity index (χ2v) is 3.07. The number of carbonyl (C=O) groups is 2. The molecule has 0 aliphatic heterocycles. The molecule has 0 aliphatic rings. The molecule has 0 fully saturated rings. The minimum atomic E-state index is -0.704. The summed E-state index contributed by atoms with van der Waals surface area (Å²) in [5.41, 5.74) is 5.08. The maximum Gasteiger partial charge on any atom is 0.228 e. The molecule has 0 rings (SSSR count). The van der Waals surface area contributed by atoms with E-state index in [-0.39, 0.29) is 11.9 Å². The summed E-state index contributed by atoms with van der Waals surface area (Å²) in [7, 11) is 1.56. The van der Waals surface area contributed by atoms with Gasteiger partial charge >= 0.3 is 0 Å². The SMILES string of the molecule is CCC(CC(C(C)=O)C(N)=O)OC. The van der Waals surface area contributed by atoms with Gasteiger partial charge in [-0.2, -0.15) is 0 Å². The molecule has 0 aliphatic carbocycles. The summed E-state index contributed by atoms with van der Waals surface area (Å²) in [4.78, 5) is 21.9. The van der Waals surface area contributed by atoms with Crippen molar-refractivity contribution in [3.63, 3.8) is 0 Å². The molecule has 4 nitrogen and oxygen atoms in total. The van der Waals surface area contributed by atoms with Gasteiger partial charge in [-0.1, -0.05) is 6.92 Å². The summed E-state index contributed by atoms with van der Waals surface area (Å²) in [5.74, 6) is -1.46. The van der Waals surface area contributed by atoms with Crippen LogP contribution in [0.1, 0.15) is 26.7 Å². The van der Waals surface area contributed by atoms with E-state index in [2.05, 4.69) is 0 Å². The molecule has 2 N–H and O–H groups in total. The first-order chi connectivity index (χ1) is 6.02. The van der Waals surface area contributed by atoms with Crippen LogP contribution in [0.4, 0.5) is 0 Å². The van der Waals surface area contributed by atoms with Crippen molar-refractivity contribution < 1.29 is 14.3 Å². The Balaban J connectivity index is 4.24. The molecule has 0 heterocycles. The van der Waals surface area contributed by atoms with Crippen LogP contribution in [-0.4, -0.2) is 24.9 Å². The number of ketones is 1. The third kappa shape index (κ3) is 4.03. The second-order valence-electron chi connectivity index (χ2n) is 3.07. The first-order valence-corrected chi connectivity index (χ1v) is 4.35. The van der Waals surface area contributed by atoms with E-state index in [1.807, 2.05) is 6.92 Å². The molecule has 4 heteroatoms. The molecule has 2 atom stereocenters. The quantitative estimate of drug-likeness (QED) is 0.615. The number of rotatable bonds is 6. The van der Waals surface area contributed by atoms with Crippen LogP contribution in [-0.2, 0) is 14.3 Å². The highest BCUT2D eigenvalue weighted by atomic mass is 16.5. The van der Waals surface area contributed by atoms with Crippen molar-refractivity contribution in [3.05, 3.63) is 0 Å². The van der Waals surface area contributed by atoms with Gasteiger partial charge in [-0.15, -0.1) is 0 Å². The lowest BCUT2D eigenvalue weighted by Crippen LogP contribution is -2.32. The van der Waals surface area contributed by atoms with Crippen molar-refractivity contribution in [2.75, 3.05) is 7.11 Å². The Morgan fingerprint density at radius 3 is 2.23 bits per heavy atom. The van der Waals surface area contributed by atoms with Gasteiger partial charge in [0, 0.05) is 7.11 Å². The highest BCUT2D eigenvalue weighted by molar-refractivity contribution is 5.99. The Bertz CT molecular complexity index is 173. The second kappa shape index (κ2) is 5.70. The Morgan fingerprint density at radius 2 is 2.00 bits per heavy atom. The largest absolute Gasteiger partial charge is 0.381 e. The van der Waals surface area contributed by atoms with Gasteiger partial charge in [0.15, 0.2) is 0 Å². The van der Waals surface area contributed by atoms with Gasteiger partial charge in [-0.25, -0.2) is 0 Å². The molecule has 13 heavy (non-hydrogen) atoms. The average molecular weight is 187 g/mol. The van der Waals surface area contributed by atoms with Crippen LogP contribution in [0.5, 0.6) is 0 Å². The molecule has 0 aromatic carbocycles. The van der Waals surface area contributed by atoms with Crippen LogP contribution in [0, 0.1) is 5.92 Å². The summed E-state index contributed by atoms with van der Waals surface area (Å²) in [6.07, 6.45) is 1.09. The van der Waals surface area contributed by atoms with Crippen LogP contribution < -0.4 is 5.73 Å². The Morgan fingerprint density at radius 1 is 1.46 bits per heavy atom. The first kappa shape index (κ1) is 12.1. The summed E-state index contributed by atoms with van der Waals surface area (Å²) in [5, 5.41) is 0. The molecule has 1 amide bonds. The van der Waals surface area contributed by atoms with E-state index in [9.17, 15) is 9.59 Å². The van der Waals surface area contributed by atoms with E-state index < -0.39 is 11.8 Å². The van der Waals surface area contributed by atoms with E-state index in [0.29, 0.717) is 6.42 Å². The average Bonchev–Trinajstić information content (AvgIpc) is 2.05. The molecule has 0 saturated heterocycles. The van der Waals surface area contributed by atoms with Crippen molar-refractivity contribution >= 4 is 11.7 Å². The van der Waals surface area contributed by atoms with E-state index >= 15 is 0 Å². The molecular weight excluding hydrogens is 170 g/mol. The topological polar surface area (TPSA) is 69.4 Å². The van der Waals surface area contributed by atoms with Gasteiger partial charge in [0.05, 0.1) is 12.0 Å². The summed E-state index contributed by atoms with van der Waals surface area (Å²) < 4.78 is 5.07. The minimum absolute atomic E-state index is 0.0681. The molecular formula is C9H17NO3. The molecule has 0 aromatic heterocycles. The highest BCUT2D eigenvalue weighted by Crippen LogP contribution is 2.12. The van der Waals surface area contributed by atoms with E-state index in [0.717, 1.165) is 6.42 Å². The van der Waals surface area contributed by atoms with Crippen molar-refractivity contribution in [3.8, 4) is 0 Å². The Hall–Kier alpha value is -0.900. The summed E-state index contributed by atoms with van der Waals surface area (Å²) >= 11 is 0. The Kier molecular flexibility index (Phi) is 5.30. The minimum Gasteiger partial charge on any atom is -0.381 e. The third-order valence-corrected chi connectivity index (χ3v) is 2.12. The predicted molar refractivity (Wildman–Crippen MR) is 49.1 cm³/mol. The van der Waals surface area contributed by atoms with Gasteiger partial charge < -0.3 is 10.5 Å². The molecule has 0 radical (unpaired) electrons. The van der Waals surface area contributed by atoms with Crippen molar-refractivity contribution in [1.29, 1.82) is 0 Å². The van der Waals surface area contributed by atoms with Crippen LogP contribution >= 0.6 is 0 Å². The van der Waals surface area contributed by atoms with Gasteiger partial charge in [-0.05, 0) is 19.8 Å². The fourth-order valence-corrected chi connectivity index (χ4v) is 1.17. The van der Waals surface area contributed by atoms with Crippen molar-refractivity contribution in [2.45, 2.75) is 32.8 Å². The lowest BCUT2D eigenvalue weighted by molar-refractivity contribution is -0.132. The lowest BCUT2D eigenvalue weighted by atomic mass is 9.96. The molecule has 0 bridgehead atoms. The van der Waals surface area contributed by atoms with Gasteiger partial charge in [0.25, 0.3) is 0 Å². The lowest BCUT2D eigenvalue weighted by Gasteiger charge is -2.16. The fourth-order valence-electron chi connectivity index (χ4n) is 1.17. The molecule has 76 valence electrons. The zero-order valence-electron chi connectivity index (χ0n) is 8.37. The normalized spacial score (nSPS) is 15.0. The third-order valence-electron chi connectivity index (χ3n) is 2.12. The van der Waals surface area contributed by atoms with Crippen LogP contribution in [0.25, 0.3) is 0 Å². The van der Waals surface area contributed by atoms with Gasteiger partial charge in [0.1, 0.15) is 5.78 Å². The Labute approximate surface area is 78.4 Å². The summed E-state index contributed by atoms with van der Waals surface area (Å²) in [6, 6.07) is 0. The monoisotopic (exact) mass is 187 g/mol. The molecule has 0 saturated carbocycles. The maximum absolute atomic E-state index is 11.0. The summed E-state index contributed by atoms with van der Waals surface area (Å²) in [6.45, 7) is 3.31. The molecule has 0 spiro atoms. The highest BCUT2D eigenvalue weighted by Gasteiger charge is 2.23. The number of Topliss-reactive ketones (excluding diaryl/α,β-unsaturated/α-hetero) is 1.